The van der Waals surface area contributed by atoms with E-state index in [2.05, 4.69) is 5.32 Å². The van der Waals surface area contributed by atoms with Gasteiger partial charge in [-0.2, -0.15) is 4.31 Å². The Kier molecular flexibility index (Phi) is 7.97. The second-order valence-corrected chi connectivity index (χ2v) is 10.1. The monoisotopic (exact) mass is 454 g/mol. The average Bonchev–Trinajstić information content (AvgIpc) is 2.73. The van der Waals surface area contributed by atoms with Gasteiger partial charge in [0.15, 0.2) is 0 Å². The molecule has 1 aliphatic heterocycles. The molecule has 3 rings (SSSR count). The number of carbonyl (C=O) groups excluding carboxylic acids is 1. The normalized spacial score (nSPS) is 15.2. The van der Waals surface area contributed by atoms with Gasteiger partial charge in [-0.3, -0.25) is 4.79 Å². The minimum atomic E-state index is -3.37. The van der Waals surface area contributed by atoms with Crippen LogP contribution in [-0.2, 0) is 20.5 Å². The van der Waals surface area contributed by atoms with Crippen molar-refractivity contribution in [3.63, 3.8) is 0 Å². The molecular weight excluding hydrogens is 432 g/mol. The Morgan fingerprint density at radius 3 is 2.38 bits per heavy atom. The van der Waals surface area contributed by atoms with Crippen molar-refractivity contribution < 1.29 is 17.9 Å². The lowest BCUT2D eigenvalue weighted by molar-refractivity contribution is 0.0729. The number of rotatable bonds is 8. The van der Waals surface area contributed by atoms with Gasteiger partial charge in [-0.1, -0.05) is 23.7 Å². The van der Waals surface area contributed by atoms with Crippen LogP contribution in [0.2, 0.25) is 5.02 Å². The summed E-state index contributed by atoms with van der Waals surface area (Å²) < 4.78 is 31.6. The van der Waals surface area contributed by atoms with Crippen molar-refractivity contribution in [2.45, 2.75) is 10.6 Å². The standard InChI is InChI=1S/C20H23ClN2O4S2/c21-18-5-7-19(8-6-18)28-14-9-22-20(24)17-3-1-16(2-4-17)15-29(25,26)23-10-12-27-13-11-23/h1-8H,9-15H2,(H,22,24). The molecule has 0 radical (unpaired) electrons. The minimum absolute atomic E-state index is 0.0768. The van der Waals surface area contributed by atoms with E-state index >= 15 is 0 Å². The minimum Gasteiger partial charge on any atom is -0.379 e. The molecule has 0 unspecified atom stereocenters. The summed E-state index contributed by atoms with van der Waals surface area (Å²) in [6, 6.07) is 14.3. The zero-order valence-electron chi connectivity index (χ0n) is 15.8. The van der Waals surface area contributed by atoms with Gasteiger partial charge >= 0.3 is 0 Å². The van der Waals surface area contributed by atoms with Crippen molar-refractivity contribution in [3.8, 4) is 0 Å². The maximum atomic E-state index is 12.5. The highest BCUT2D eigenvalue weighted by atomic mass is 35.5. The Morgan fingerprint density at radius 2 is 1.72 bits per heavy atom. The third-order valence-electron chi connectivity index (χ3n) is 4.40. The smallest absolute Gasteiger partial charge is 0.251 e. The third-order valence-corrected chi connectivity index (χ3v) is 7.51. The van der Waals surface area contributed by atoms with Crippen LogP contribution in [0, 0.1) is 0 Å². The number of morpholine rings is 1. The summed E-state index contributed by atoms with van der Waals surface area (Å²) in [6.07, 6.45) is 0. The molecule has 0 bridgehead atoms. The molecule has 1 N–H and O–H groups in total. The van der Waals surface area contributed by atoms with E-state index in [1.54, 1.807) is 36.0 Å². The van der Waals surface area contributed by atoms with Gasteiger partial charge in [0.05, 0.1) is 19.0 Å². The van der Waals surface area contributed by atoms with Crippen LogP contribution >= 0.6 is 23.4 Å². The largest absolute Gasteiger partial charge is 0.379 e. The van der Waals surface area contributed by atoms with E-state index in [-0.39, 0.29) is 11.7 Å². The average molecular weight is 455 g/mol. The van der Waals surface area contributed by atoms with E-state index in [1.807, 2.05) is 24.3 Å². The molecule has 1 aliphatic rings. The molecule has 2 aromatic rings. The maximum Gasteiger partial charge on any atom is 0.251 e. The van der Waals surface area contributed by atoms with Gasteiger partial charge in [-0.25, -0.2) is 8.42 Å². The van der Waals surface area contributed by atoms with Crippen LogP contribution in [0.1, 0.15) is 15.9 Å². The number of halogens is 1. The molecule has 0 spiro atoms. The molecule has 9 heteroatoms. The maximum absolute atomic E-state index is 12.5. The highest BCUT2D eigenvalue weighted by Crippen LogP contribution is 2.19. The van der Waals surface area contributed by atoms with Gasteiger partial charge in [0.1, 0.15) is 0 Å². The summed E-state index contributed by atoms with van der Waals surface area (Å²) in [4.78, 5) is 13.4. The zero-order chi connectivity index (χ0) is 20.7. The molecule has 1 saturated heterocycles. The first-order chi connectivity index (χ1) is 13.9. The van der Waals surface area contributed by atoms with E-state index < -0.39 is 10.0 Å². The lowest BCUT2D eigenvalue weighted by Crippen LogP contribution is -2.41. The SMILES string of the molecule is O=C(NCCSc1ccc(Cl)cc1)c1ccc(CS(=O)(=O)N2CCOCC2)cc1. The highest BCUT2D eigenvalue weighted by molar-refractivity contribution is 7.99. The van der Waals surface area contributed by atoms with Crippen LogP contribution in [0.15, 0.2) is 53.4 Å². The van der Waals surface area contributed by atoms with Gasteiger partial charge in [0, 0.05) is 40.9 Å². The van der Waals surface area contributed by atoms with E-state index in [0.717, 1.165) is 10.6 Å². The highest BCUT2D eigenvalue weighted by Gasteiger charge is 2.24. The molecule has 156 valence electrons. The Bertz CT molecular complexity index is 913. The number of carbonyl (C=O) groups is 1. The zero-order valence-corrected chi connectivity index (χ0v) is 18.2. The molecule has 29 heavy (non-hydrogen) atoms. The van der Waals surface area contributed by atoms with Crippen molar-refractivity contribution >= 4 is 39.3 Å². The first-order valence-corrected chi connectivity index (χ1v) is 12.2. The molecule has 1 amide bonds. The van der Waals surface area contributed by atoms with Gasteiger partial charge in [-0.15, -0.1) is 11.8 Å². The van der Waals surface area contributed by atoms with Crippen molar-refractivity contribution in [2.24, 2.45) is 0 Å². The predicted octanol–water partition coefficient (Wildman–Crippen LogP) is 3.02. The van der Waals surface area contributed by atoms with Crippen LogP contribution in [-0.4, -0.2) is 57.2 Å². The topological polar surface area (TPSA) is 75.7 Å². The van der Waals surface area contributed by atoms with Crippen LogP contribution in [0.5, 0.6) is 0 Å². The quantitative estimate of drug-likeness (QED) is 0.490. The summed E-state index contributed by atoms with van der Waals surface area (Å²) in [5, 5.41) is 3.57. The second-order valence-electron chi connectivity index (χ2n) is 6.52. The van der Waals surface area contributed by atoms with E-state index in [9.17, 15) is 13.2 Å². The van der Waals surface area contributed by atoms with Crippen molar-refractivity contribution in [1.29, 1.82) is 0 Å². The number of thioether (sulfide) groups is 1. The number of nitrogens with zero attached hydrogens (tertiary/aromatic N) is 1. The number of hydrogen-bond donors (Lipinski definition) is 1. The molecule has 6 nitrogen and oxygen atoms in total. The predicted molar refractivity (Wildman–Crippen MR) is 116 cm³/mol. The number of ether oxygens (including phenoxy) is 1. The first kappa shape index (κ1) is 22.1. The lowest BCUT2D eigenvalue weighted by Gasteiger charge is -2.26. The molecule has 0 saturated carbocycles. The lowest BCUT2D eigenvalue weighted by atomic mass is 10.1. The summed E-state index contributed by atoms with van der Waals surface area (Å²) in [6.45, 7) is 2.15. The molecule has 0 atom stereocenters. The van der Waals surface area contributed by atoms with E-state index in [1.165, 1.54) is 4.31 Å². The van der Waals surface area contributed by atoms with Crippen molar-refractivity contribution in [1.82, 2.24) is 9.62 Å². The number of hydrogen-bond acceptors (Lipinski definition) is 5. The molecule has 1 heterocycles. The van der Waals surface area contributed by atoms with Crippen LogP contribution in [0.3, 0.4) is 0 Å². The van der Waals surface area contributed by atoms with Crippen molar-refractivity contribution in [3.05, 3.63) is 64.7 Å². The van der Waals surface area contributed by atoms with Crippen LogP contribution in [0.25, 0.3) is 0 Å². The molecule has 0 aliphatic carbocycles. The fourth-order valence-corrected chi connectivity index (χ4v) is 5.24. The van der Waals surface area contributed by atoms with Gasteiger partial charge in [0.25, 0.3) is 5.91 Å². The Labute approximate surface area is 180 Å². The van der Waals surface area contributed by atoms with E-state index in [0.29, 0.717) is 49.0 Å². The number of benzene rings is 2. The molecular formula is C20H23ClN2O4S2. The Hall–Kier alpha value is -1.58. The van der Waals surface area contributed by atoms with Gasteiger partial charge in [-0.05, 0) is 42.0 Å². The Morgan fingerprint density at radius 1 is 1.07 bits per heavy atom. The van der Waals surface area contributed by atoms with Crippen molar-refractivity contribution in [2.75, 3.05) is 38.6 Å². The number of sulfonamides is 1. The van der Waals surface area contributed by atoms with E-state index in [4.69, 9.17) is 16.3 Å². The molecule has 2 aromatic carbocycles. The summed E-state index contributed by atoms with van der Waals surface area (Å²) >= 11 is 7.50. The first-order valence-electron chi connectivity index (χ1n) is 9.25. The van der Waals surface area contributed by atoms with Gasteiger partial charge in [0.2, 0.25) is 10.0 Å². The Balaban J connectivity index is 1.46. The van der Waals surface area contributed by atoms with Gasteiger partial charge < -0.3 is 10.1 Å². The number of amides is 1. The van der Waals surface area contributed by atoms with Crippen LogP contribution in [0.4, 0.5) is 0 Å². The third kappa shape index (κ3) is 6.72. The number of nitrogens with one attached hydrogen (secondary N) is 1. The summed E-state index contributed by atoms with van der Waals surface area (Å²) in [7, 11) is -3.37. The van der Waals surface area contributed by atoms with Crippen LogP contribution < -0.4 is 5.32 Å². The fraction of sp³-hybridized carbons (Fsp3) is 0.350. The molecule has 1 fully saturated rings. The second kappa shape index (κ2) is 10.4. The molecule has 0 aromatic heterocycles. The fourth-order valence-electron chi connectivity index (χ4n) is 2.85. The summed E-state index contributed by atoms with van der Waals surface area (Å²) in [5.41, 5.74) is 1.17. The summed E-state index contributed by atoms with van der Waals surface area (Å²) in [5.74, 6) is 0.486.